The molecule has 0 bridgehead atoms. The van der Waals surface area contributed by atoms with Crippen molar-refractivity contribution in [3.8, 4) is 11.5 Å². The number of carbonyl (C=O) groups is 1. The molecule has 162 valence electrons. The summed E-state index contributed by atoms with van der Waals surface area (Å²) < 4.78 is 12.9. The zero-order valence-corrected chi connectivity index (χ0v) is 20.9. The lowest BCUT2D eigenvalue weighted by Gasteiger charge is -2.14. The quantitative estimate of drug-likeness (QED) is 0.244. The Balaban J connectivity index is 1.53. The third kappa shape index (κ3) is 5.18. The van der Waals surface area contributed by atoms with Gasteiger partial charge in [0.05, 0.1) is 17.7 Å². The predicted molar refractivity (Wildman–Crippen MR) is 139 cm³/mol. The van der Waals surface area contributed by atoms with Gasteiger partial charge in [-0.2, -0.15) is 0 Å². The number of methoxy groups -OCH3 is 1. The van der Waals surface area contributed by atoms with Crippen molar-refractivity contribution in [2.45, 2.75) is 6.61 Å². The van der Waals surface area contributed by atoms with E-state index in [9.17, 15) is 4.79 Å². The topological polar surface area (TPSA) is 38.8 Å². The van der Waals surface area contributed by atoms with Crippen LogP contribution in [-0.2, 0) is 11.4 Å². The molecule has 0 unspecified atom stereocenters. The number of ether oxygens (including phenoxy) is 2. The van der Waals surface area contributed by atoms with Gasteiger partial charge in [0.25, 0.3) is 5.91 Å². The molecule has 4 rings (SSSR count). The van der Waals surface area contributed by atoms with E-state index < -0.39 is 0 Å². The summed E-state index contributed by atoms with van der Waals surface area (Å²) in [6.45, 7) is 0.418. The molecule has 3 aromatic carbocycles. The van der Waals surface area contributed by atoms with E-state index in [1.165, 1.54) is 16.7 Å². The van der Waals surface area contributed by atoms with Gasteiger partial charge in [0, 0.05) is 9.50 Å². The summed E-state index contributed by atoms with van der Waals surface area (Å²) in [6.07, 6.45) is 1.80. The maximum absolute atomic E-state index is 13.0. The molecule has 1 heterocycles. The molecular weight excluding hydrogens is 530 g/mol. The predicted octanol–water partition coefficient (Wildman–Crippen LogP) is 7.10. The average molecular weight is 547 g/mol. The highest BCUT2D eigenvalue weighted by molar-refractivity contribution is 9.10. The minimum Gasteiger partial charge on any atom is -0.493 e. The number of halogens is 2. The van der Waals surface area contributed by atoms with Gasteiger partial charge in [-0.25, -0.2) is 0 Å². The normalized spacial score (nSPS) is 14.8. The fraction of sp³-hybridized carbons (Fsp3) is 0.0833. The van der Waals surface area contributed by atoms with Crippen molar-refractivity contribution in [3.05, 3.63) is 92.3 Å². The summed E-state index contributed by atoms with van der Waals surface area (Å²) in [4.78, 5) is 15.0. The van der Waals surface area contributed by atoms with Crippen molar-refractivity contribution >= 4 is 73.5 Å². The highest BCUT2D eigenvalue weighted by atomic mass is 79.9. The molecule has 0 atom stereocenters. The summed E-state index contributed by atoms with van der Waals surface area (Å²) in [7, 11) is 1.59. The van der Waals surface area contributed by atoms with Crippen LogP contribution in [-0.4, -0.2) is 17.3 Å². The first-order chi connectivity index (χ1) is 15.4. The van der Waals surface area contributed by atoms with Crippen LogP contribution in [0.2, 0.25) is 5.02 Å². The van der Waals surface area contributed by atoms with E-state index >= 15 is 0 Å². The largest absolute Gasteiger partial charge is 0.493 e. The van der Waals surface area contributed by atoms with Crippen LogP contribution in [0.1, 0.15) is 11.1 Å². The van der Waals surface area contributed by atoms with Crippen molar-refractivity contribution in [2.75, 3.05) is 12.0 Å². The van der Waals surface area contributed by atoms with Gasteiger partial charge < -0.3 is 9.47 Å². The van der Waals surface area contributed by atoms with Crippen molar-refractivity contribution in [1.82, 2.24) is 0 Å². The van der Waals surface area contributed by atoms with Gasteiger partial charge in [-0.15, -0.1) is 0 Å². The summed E-state index contributed by atoms with van der Waals surface area (Å²) in [5.74, 6) is 1.03. The average Bonchev–Trinajstić information content (AvgIpc) is 3.06. The zero-order chi connectivity index (χ0) is 22.7. The lowest BCUT2D eigenvalue weighted by molar-refractivity contribution is -0.113. The smallest absolute Gasteiger partial charge is 0.270 e. The molecule has 4 nitrogen and oxygen atoms in total. The van der Waals surface area contributed by atoms with Gasteiger partial charge in [0.2, 0.25) is 0 Å². The van der Waals surface area contributed by atoms with Gasteiger partial charge in [0.15, 0.2) is 15.8 Å². The molecule has 1 aliphatic rings. The Morgan fingerprint density at radius 2 is 1.88 bits per heavy atom. The highest BCUT2D eigenvalue weighted by Crippen LogP contribution is 2.38. The lowest BCUT2D eigenvalue weighted by atomic mass is 10.1. The Bertz CT molecular complexity index is 1210. The molecule has 1 amide bonds. The van der Waals surface area contributed by atoms with E-state index in [1.54, 1.807) is 37.5 Å². The van der Waals surface area contributed by atoms with E-state index in [4.69, 9.17) is 33.3 Å². The Hall–Kier alpha value is -2.32. The molecule has 0 saturated carbocycles. The third-order valence-electron chi connectivity index (χ3n) is 4.65. The minimum absolute atomic E-state index is 0.184. The van der Waals surface area contributed by atoms with Crippen molar-refractivity contribution in [2.24, 2.45) is 0 Å². The van der Waals surface area contributed by atoms with Crippen LogP contribution in [0.15, 0.2) is 76.1 Å². The van der Waals surface area contributed by atoms with E-state index in [0.717, 1.165) is 15.6 Å². The van der Waals surface area contributed by atoms with Gasteiger partial charge in [-0.3, -0.25) is 9.69 Å². The number of nitrogens with zero attached hydrogens (tertiary/aromatic N) is 1. The van der Waals surface area contributed by atoms with E-state index in [0.29, 0.717) is 38.0 Å². The molecule has 1 fully saturated rings. The molecule has 32 heavy (non-hydrogen) atoms. The number of thiocarbonyl (C=S) groups is 1. The Morgan fingerprint density at radius 3 is 2.59 bits per heavy atom. The number of carbonyl (C=O) groups excluding carboxylic acids is 1. The van der Waals surface area contributed by atoms with E-state index in [2.05, 4.69) is 15.9 Å². The van der Waals surface area contributed by atoms with Gasteiger partial charge >= 0.3 is 0 Å². The molecule has 8 heteroatoms. The van der Waals surface area contributed by atoms with Crippen molar-refractivity contribution < 1.29 is 14.3 Å². The summed E-state index contributed by atoms with van der Waals surface area (Å²) in [6, 6.07) is 20.5. The fourth-order valence-electron chi connectivity index (χ4n) is 3.09. The molecule has 0 aliphatic carbocycles. The minimum atomic E-state index is -0.184. The van der Waals surface area contributed by atoms with Crippen molar-refractivity contribution in [3.63, 3.8) is 0 Å². The van der Waals surface area contributed by atoms with Gasteiger partial charge in [-0.1, -0.05) is 75.8 Å². The molecule has 0 aromatic heterocycles. The first-order valence-corrected chi connectivity index (χ1v) is 11.9. The zero-order valence-electron chi connectivity index (χ0n) is 16.9. The van der Waals surface area contributed by atoms with Crippen LogP contribution in [0.5, 0.6) is 11.5 Å². The third-order valence-corrected chi connectivity index (χ3v) is 6.72. The molecule has 1 saturated heterocycles. The van der Waals surface area contributed by atoms with Crippen molar-refractivity contribution in [1.29, 1.82) is 0 Å². The van der Waals surface area contributed by atoms with Crippen LogP contribution >= 0.6 is 51.5 Å². The molecule has 0 N–H and O–H groups in total. The number of rotatable bonds is 6. The maximum atomic E-state index is 13.0. The molecular formula is C24H17BrClNO3S2. The number of hydrogen-bond donors (Lipinski definition) is 0. The second-order valence-electron chi connectivity index (χ2n) is 6.82. The summed E-state index contributed by atoms with van der Waals surface area (Å²) >= 11 is 16.2. The second kappa shape index (κ2) is 10.1. The monoisotopic (exact) mass is 545 g/mol. The van der Waals surface area contributed by atoms with Crippen LogP contribution in [0.4, 0.5) is 5.69 Å². The number of thioether (sulfide) groups is 1. The van der Waals surface area contributed by atoms with E-state index in [-0.39, 0.29) is 5.91 Å². The standard InChI is InChI=1S/C24H17BrClNO3S2/c1-29-21-11-16(7-10-20(21)30-14-15-5-8-17(25)9-6-15)12-22-23(28)27(24(31)32-22)19-4-2-3-18(26)13-19/h2-13H,14H2,1H3/b22-12+. The first-order valence-electron chi connectivity index (χ1n) is 9.53. The fourth-order valence-corrected chi connectivity index (χ4v) is 4.84. The maximum Gasteiger partial charge on any atom is 0.270 e. The van der Waals surface area contributed by atoms with Gasteiger partial charge in [0.1, 0.15) is 6.61 Å². The van der Waals surface area contributed by atoms with E-state index in [1.807, 2.05) is 42.5 Å². The lowest BCUT2D eigenvalue weighted by Crippen LogP contribution is -2.27. The molecule has 0 radical (unpaired) electrons. The Labute approximate surface area is 209 Å². The SMILES string of the molecule is COc1cc(/C=C2/SC(=S)N(c3cccc(Cl)c3)C2=O)ccc1OCc1ccc(Br)cc1. The van der Waals surface area contributed by atoms with Crippen LogP contribution in [0.3, 0.4) is 0 Å². The highest BCUT2D eigenvalue weighted by Gasteiger charge is 2.33. The molecule has 3 aromatic rings. The van der Waals surface area contributed by atoms with Crippen LogP contribution < -0.4 is 14.4 Å². The molecule has 0 spiro atoms. The molecule has 1 aliphatic heterocycles. The second-order valence-corrected chi connectivity index (χ2v) is 9.85. The number of anilines is 1. The summed E-state index contributed by atoms with van der Waals surface area (Å²) in [5, 5.41) is 0.545. The van der Waals surface area contributed by atoms with Gasteiger partial charge in [-0.05, 0) is 59.7 Å². The number of benzene rings is 3. The van der Waals surface area contributed by atoms with Crippen LogP contribution in [0.25, 0.3) is 6.08 Å². The Kier molecular flexibility index (Phi) is 7.20. The number of amides is 1. The first kappa shape index (κ1) is 22.9. The number of hydrogen-bond acceptors (Lipinski definition) is 5. The Morgan fingerprint density at radius 1 is 1.09 bits per heavy atom. The summed E-state index contributed by atoms with van der Waals surface area (Å²) in [5.41, 5.74) is 2.51. The van der Waals surface area contributed by atoms with Crippen LogP contribution in [0, 0.1) is 0 Å².